The molecule has 24 heavy (non-hydrogen) atoms. The van der Waals surface area contributed by atoms with Crippen LogP contribution in [0.4, 0.5) is 4.39 Å². The Labute approximate surface area is 140 Å². The molecule has 0 spiro atoms. The van der Waals surface area contributed by atoms with E-state index in [0.29, 0.717) is 23.8 Å². The fraction of sp³-hybridized carbons (Fsp3) is 0.444. The molecule has 1 aliphatic heterocycles. The van der Waals surface area contributed by atoms with Crippen molar-refractivity contribution in [3.8, 4) is 5.75 Å². The summed E-state index contributed by atoms with van der Waals surface area (Å²) < 4.78 is 29.3. The first kappa shape index (κ1) is 18.0. The van der Waals surface area contributed by atoms with Gasteiger partial charge in [0.25, 0.3) is 5.79 Å². The first-order valence-electron chi connectivity index (χ1n) is 7.78. The number of cyclic esters (lactones) is 2. The number of halogens is 1. The lowest BCUT2D eigenvalue weighted by Gasteiger charge is -2.29. The summed E-state index contributed by atoms with van der Waals surface area (Å²) in [6, 6.07) is 4.00. The van der Waals surface area contributed by atoms with E-state index in [1.807, 2.05) is 0 Å². The van der Waals surface area contributed by atoms with Crippen molar-refractivity contribution in [3.63, 3.8) is 0 Å². The molecule has 1 heterocycles. The molecule has 1 fully saturated rings. The van der Waals surface area contributed by atoms with Crippen molar-refractivity contribution in [1.82, 2.24) is 0 Å². The Morgan fingerprint density at radius 1 is 1.17 bits per heavy atom. The minimum absolute atomic E-state index is 0.284. The zero-order chi connectivity index (χ0) is 17.9. The highest BCUT2D eigenvalue weighted by Gasteiger charge is 2.38. The Morgan fingerprint density at radius 2 is 1.79 bits per heavy atom. The predicted octanol–water partition coefficient (Wildman–Crippen LogP) is 3.47. The van der Waals surface area contributed by atoms with Gasteiger partial charge in [-0.3, -0.25) is 0 Å². The molecular formula is C18H21FO5. The smallest absolute Gasteiger partial charge is 0.348 e. The third-order valence-corrected chi connectivity index (χ3v) is 3.29. The average Bonchev–Trinajstić information content (AvgIpc) is 2.41. The van der Waals surface area contributed by atoms with Gasteiger partial charge in [-0.2, -0.15) is 0 Å². The van der Waals surface area contributed by atoms with Crippen molar-refractivity contribution in [1.29, 1.82) is 0 Å². The number of benzene rings is 1. The van der Waals surface area contributed by atoms with Crippen molar-refractivity contribution >= 4 is 18.0 Å². The van der Waals surface area contributed by atoms with Gasteiger partial charge in [-0.1, -0.05) is 13.8 Å². The number of rotatable bonds is 5. The predicted molar refractivity (Wildman–Crippen MR) is 85.6 cm³/mol. The Morgan fingerprint density at radius 3 is 2.38 bits per heavy atom. The number of esters is 2. The minimum Gasteiger partial charge on any atom is -0.493 e. The topological polar surface area (TPSA) is 61.8 Å². The van der Waals surface area contributed by atoms with Gasteiger partial charge in [0, 0.05) is 19.9 Å². The Kier molecular flexibility index (Phi) is 5.26. The van der Waals surface area contributed by atoms with Crippen molar-refractivity contribution in [2.45, 2.75) is 39.9 Å². The van der Waals surface area contributed by atoms with Crippen LogP contribution in [-0.4, -0.2) is 24.3 Å². The second kappa shape index (κ2) is 7.03. The van der Waals surface area contributed by atoms with E-state index in [2.05, 4.69) is 13.8 Å². The molecule has 0 bridgehead atoms. The lowest BCUT2D eigenvalue weighted by Crippen LogP contribution is -2.41. The van der Waals surface area contributed by atoms with Gasteiger partial charge in [-0.15, -0.1) is 0 Å². The lowest BCUT2D eigenvalue weighted by molar-refractivity contribution is -0.222. The molecule has 0 unspecified atom stereocenters. The van der Waals surface area contributed by atoms with E-state index in [1.165, 1.54) is 32.1 Å². The average molecular weight is 336 g/mol. The van der Waals surface area contributed by atoms with Gasteiger partial charge in [0.05, 0.1) is 6.61 Å². The molecular weight excluding hydrogens is 315 g/mol. The zero-order valence-electron chi connectivity index (χ0n) is 14.2. The highest BCUT2D eigenvalue weighted by atomic mass is 19.1. The molecule has 0 aromatic heterocycles. The van der Waals surface area contributed by atoms with Crippen LogP contribution in [0, 0.1) is 11.7 Å². The molecule has 1 aromatic carbocycles. The molecule has 1 aromatic rings. The van der Waals surface area contributed by atoms with Crippen molar-refractivity contribution < 1.29 is 28.2 Å². The van der Waals surface area contributed by atoms with Gasteiger partial charge in [-0.25, -0.2) is 14.0 Å². The number of ether oxygens (including phenoxy) is 3. The van der Waals surface area contributed by atoms with Crippen LogP contribution in [0.25, 0.3) is 6.08 Å². The number of carbonyl (C=O) groups excluding carboxylic acids is 2. The molecule has 0 saturated carbocycles. The van der Waals surface area contributed by atoms with Crippen LogP contribution >= 0.6 is 0 Å². The number of hydrogen-bond acceptors (Lipinski definition) is 5. The maximum atomic E-state index is 13.7. The van der Waals surface area contributed by atoms with E-state index < -0.39 is 23.5 Å². The summed E-state index contributed by atoms with van der Waals surface area (Å²) in [5.74, 6) is -2.64. The monoisotopic (exact) mass is 336 g/mol. The van der Waals surface area contributed by atoms with Crippen LogP contribution in [0.15, 0.2) is 23.8 Å². The Hall–Kier alpha value is -2.37. The summed E-state index contributed by atoms with van der Waals surface area (Å²) in [6.45, 7) is 7.50. The first-order valence-corrected chi connectivity index (χ1v) is 7.78. The molecule has 1 saturated heterocycles. The van der Waals surface area contributed by atoms with Crippen LogP contribution in [0.2, 0.25) is 0 Å². The van der Waals surface area contributed by atoms with Crippen LogP contribution in [0.5, 0.6) is 5.75 Å². The zero-order valence-corrected chi connectivity index (χ0v) is 14.2. The van der Waals surface area contributed by atoms with Gasteiger partial charge < -0.3 is 14.2 Å². The first-order chi connectivity index (χ1) is 11.2. The molecule has 2 rings (SSSR count). The maximum absolute atomic E-state index is 13.7. The maximum Gasteiger partial charge on any atom is 0.348 e. The largest absolute Gasteiger partial charge is 0.493 e. The fourth-order valence-electron chi connectivity index (χ4n) is 2.11. The van der Waals surface area contributed by atoms with Crippen molar-refractivity contribution in [2.24, 2.45) is 5.92 Å². The van der Waals surface area contributed by atoms with E-state index >= 15 is 0 Å². The van der Waals surface area contributed by atoms with Crippen LogP contribution in [-0.2, 0) is 19.1 Å². The summed E-state index contributed by atoms with van der Waals surface area (Å²) in [5, 5.41) is 0. The van der Waals surface area contributed by atoms with Crippen molar-refractivity contribution in [2.75, 3.05) is 6.61 Å². The Bertz CT molecular complexity index is 654. The van der Waals surface area contributed by atoms with Gasteiger partial charge in [0.1, 0.15) is 17.1 Å². The third kappa shape index (κ3) is 4.81. The molecule has 6 heteroatoms. The Balaban J connectivity index is 2.21. The van der Waals surface area contributed by atoms with Crippen LogP contribution in [0.1, 0.15) is 39.7 Å². The minimum atomic E-state index is -1.31. The highest BCUT2D eigenvalue weighted by Crippen LogP contribution is 2.25. The fourth-order valence-corrected chi connectivity index (χ4v) is 2.11. The molecule has 0 N–H and O–H groups in total. The second-order valence-electron chi connectivity index (χ2n) is 6.49. The summed E-state index contributed by atoms with van der Waals surface area (Å²) in [7, 11) is 0. The van der Waals surface area contributed by atoms with E-state index in [1.54, 1.807) is 6.07 Å². The van der Waals surface area contributed by atoms with Crippen LogP contribution in [0.3, 0.4) is 0 Å². The summed E-state index contributed by atoms with van der Waals surface area (Å²) >= 11 is 0. The molecule has 1 aliphatic rings. The highest BCUT2D eigenvalue weighted by molar-refractivity contribution is 6.18. The standard InChI is InChI=1S/C18H21FO5/c1-11(2)5-6-22-14-8-12(7-13(19)10-14)9-15-16(20)23-18(3,4)24-17(15)21/h7-11H,5-6H2,1-4H3. The van der Waals surface area contributed by atoms with E-state index in [-0.39, 0.29) is 5.57 Å². The molecule has 0 amide bonds. The van der Waals surface area contributed by atoms with Gasteiger partial charge in [0.2, 0.25) is 0 Å². The van der Waals surface area contributed by atoms with E-state index in [9.17, 15) is 14.0 Å². The second-order valence-corrected chi connectivity index (χ2v) is 6.49. The normalized spacial score (nSPS) is 16.7. The third-order valence-electron chi connectivity index (χ3n) is 3.29. The number of hydrogen-bond donors (Lipinski definition) is 0. The molecule has 0 aliphatic carbocycles. The molecule has 0 radical (unpaired) electrons. The summed E-state index contributed by atoms with van der Waals surface area (Å²) in [6.07, 6.45) is 2.07. The molecule has 5 nitrogen and oxygen atoms in total. The lowest BCUT2D eigenvalue weighted by atomic mass is 10.1. The molecule has 130 valence electrons. The van der Waals surface area contributed by atoms with Crippen molar-refractivity contribution in [3.05, 3.63) is 35.2 Å². The molecule has 0 atom stereocenters. The van der Waals surface area contributed by atoms with Gasteiger partial charge >= 0.3 is 11.9 Å². The number of carbonyl (C=O) groups is 2. The summed E-state index contributed by atoms with van der Waals surface area (Å²) in [4.78, 5) is 23.9. The van der Waals surface area contributed by atoms with E-state index in [0.717, 1.165) is 6.42 Å². The quantitative estimate of drug-likeness (QED) is 0.468. The van der Waals surface area contributed by atoms with E-state index in [4.69, 9.17) is 14.2 Å². The summed E-state index contributed by atoms with van der Waals surface area (Å²) in [5.41, 5.74) is 0.0335. The van der Waals surface area contributed by atoms with Crippen LogP contribution < -0.4 is 4.74 Å². The SMILES string of the molecule is CC(C)CCOc1cc(F)cc(C=C2C(=O)OC(C)(C)OC2=O)c1. The van der Waals surface area contributed by atoms with Gasteiger partial charge in [0.15, 0.2) is 0 Å². The van der Waals surface area contributed by atoms with Gasteiger partial charge in [-0.05, 0) is 36.1 Å².